The van der Waals surface area contributed by atoms with E-state index >= 15 is 0 Å². The monoisotopic (exact) mass is 418 g/mol. The quantitative estimate of drug-likeness (QED) is 0.552. The highest BCUT2D eigenvalue weighted by atomic mass is 19.1. The van der Waals surface area contributed by atoms with E-state index in [1.807, 2.05) is 6.07 Å². The molecular formula is C23H19FN4O3. The summed E-state index contributed by atoms with van der Waals surface area (Å²) in [4.78, 5) is 43.5. The van der Waals surface area contributed by atoms with E-state index in [9.17, 15) is 18.8 Å². The van der Waals surface area contributed by atoms with Crippen LogP contribution in [0.2, 0.25) is 0 Å². The third kappa shape index (κ3) is 3.87. The van der Waals surface area contributed by atoms with Crippen molar-refractivity contribution in [2.24, 2.45) is 0 Å². The van der Waals surface area contributed by atoms with Crippen molar-refractivity contribution in [3.05, 3.63) is 98.6 Å². The first-order valence-electron chi connectivity index (χ1n) is 9.60. The Kier molecular flexibility index (Phi) is 5.21. The van der Waals surface area contributed by atoms with E-state index in [0.29, 0.717) is 22.6 Å². The zero-order valence-electron chi connectivity index (χ0n) is 16.9. The van der Waals surface area contributed by atoms with Gasteiger partial charge < -0.3 is 5.32 Å². The van der Waals surface area contributed by atoms with Crippen molar-refractivity contribution in [1.82, 2.24) is 14.1 Å². The summed E-state index contributed by atoms with van der Waals surface area (Å²) in [7, 11) is 0. The van der Waals surface area contributed by atoms with Crippen LogP contribution >= 0.6 is 0 Å². The molecule has 0 atom stereocenters. The van der Waals surface area contributed by atoms with Crippen molar-refractivity contribution in [3.63, 3.8) is 0 Å². The highest BCUT2D eigenvalue weighted by molar-refractivity contribution is 5.90. The molecule has 0 radical (unpaired) electrons. The minimum Gasteiger partial charge on any atom is -0.325 e. The average Bonchev–Trinajstić information content (AvgIpc) is 2.73. The summed E-state index contributed by atoms with van der Waals surface area (Å²) in [5, 5.41) is 2.84. The van der Waals surface area contributed by atoms with Crippen LogP contribution in [-0.4, -0.2) is 20.0 Å². The van der Waals surface area contributed by atoms with Crippen LogP contribution in [0.25, 0.3) is 16.7 Å². The molecule has 0 saturated carbocycles. The molecule has 0 saturated heterocycles. The van der Waals surface area contributed by atoms with Crippen LogP contribution in [0.3, 0.4) is 0 Å². The summed E-state index contributed by atoms with van der Waals surface area (Å²) in [6.07, 6.45) is 0. The molecule has 0 unspecified atom stereocenters. The molecule has 4 rings (SSSR count). The van der Waals surface area contributed by atoms with Gasteiger partial charge in [-0.2, -0.15) is 0 Å². The topological polar surface area (TPSA) is 86.0 Å². The number of rotatable bonds is 4. The molecule has 0 aliphatic rings. The average molecular weight is 418 g/mol. The van der Waals surface area contributed by atoms with Gasteiger partial charge in [0.15, 0.2) is 5.65 Å². The molecule has 31 heavy (non-hydrogen) atoms. The van der Waals surface area contributed by atoms with Gasteiger partial charge in [0.2, 0.25) is 5.91 Å². The van der Waals surface area contributed by atoms with Crippen molar-refractivity contribution in [2.75, 3.05) is 5.32 Å². The van der Waals surface area contributed by atoms with Crippen LogP contribution in [0.4, 0.5) is 10.1 Å². The molecular weight excluding hydrogens is 399 g/mol. The Bertz CT molecular complexity index is 1410. The van der Waals surface area contributed by atoms with Crippen LogP contribution in [0.15, 0.2) is 70.3 Å². The second-order valence-electron chi connectivity index (χ2n) is 7.18. The number of hydrogen-bond donors (Lipinski definition) is 1. The Hall–Kier alpha value is -4.07. The summed E-state index contributed by atoms with van der Waals surface area (Å²) in [6.45, 7) is 3.06. The molecule has 4 aromatic rings. The van der Waals surface area contributed by atoms with Crippen molar-refractivity contribution in [2.45, 2.75) is 20.4 Å². The fourth-order valence-corrected chi connectivity index (χ4v) is 3.50. The van der Waals surface area contributed by atoms with Gasteiger partial charge in [0.05, 0.1) is 11.1 Å². The molecule has 0 aliphatic carbocycles. The predicted octanol–water partition coefficient (Wildman–Crippen LogP) is 2.94. The molecule has 0 bridgehead atoms. The van der Waals surface area contributed by atoms with E-state index in [0.717, 1.165) is 4.57 Å². The molecule has 156 valence electrons. The minimum absolute atomic E-state index is 0.244. The zero-order valence-corrected chi connectivity index (χ0v) is 16.9. The van der Waals surface area contributed by atoms with E-state index in [2.05, 4.69) is 10.3 Å². The number of aromatic nitrogens is 3. The summed E-state index contributed by atoms with van der Waals surface area (Å²) in [6, 6.07) is 15.8. The van der Waals surface area contributed by atoms with Gasteiger partial charge in [-0.15, -0.1) is 0 Å². The molecule has 0 aliphatic heterocycles. The van der Waals surface area contributed by atoms with Gasteiger partial charge in [0.25, 0.3) is 5.56 Å². The molecule has 0 fully saturated rings. The lowest BCUT2D eigenvalue weighted by molar-refractivity contribution is -0.116. The highest BCUT2D eigenvalue weighted by Crippen LogP contribution is 2.16. The van der Waals surface area contributed by atoms with Gasteiger partial charge in [-0.25, -0.2) is 23.3 Å². The van der Waals surface area contributed by atoms with Gasteiger partial charge in [0.1, 0.15) is 12.4 Å². The molecule has 8 heteroatoms. The van der Waals surface area contributed by atoms with Crippen LogP contribution in [-0.2, 0) is 11.3 Å². The summed E-state index contributed by atoms with van der Waals surface area (Å²) in [5.41, 5.74) is 1.20. The van der Waals surface area contributed by atoms with Crippen molar-refractivity contribution in [1.29, 1.82) is 0 Å². The maximum absolute atomic E-state index is 13.3. The van der Waals surface area contributed by atoms with E-state index in [4.69, 9.17) is 0 Å². The second kappa shape index (κ2) is 7.98. The molecule has 2 aromatic heterocycles. The largest absolute Gasteiger partial charge is 0.337 e. The first kappa shape index (κ1) is 20.2. The SMILES string of the molecule is Cc1cc(C)c2c(=O)n(CC(=O)Nc3ccc(F)cc3)c(=O)n(-c3ccccc3)c2n1. The lowest BCUT2D eigenvalue weighted by atomic mass is 10.1. The normalized spacial score (nSPS) is 10.9. The Balaban J connectivity index is 1.88. The first-order chi connectivity index (χ1) is 14.8. The van der Waals surface area contributed by atoms with Gasteiger partial charge in [0, 0.05) is 11.4 Å². The number of nitrogens with one attached hydrogen (secondary N) is 1. The number of carbonyl (C=O) groups excluding carboxylic acids is 1. The van der Waals surface area contributed by atoms with E-state index < -0.39 is 29.5 Å². The maximum atomic E-state index is 13.3. The molecule has 2 aromatic carbocycles. The van der Waals surface area contributed by atoms with E-state index in [-0.39, 0.29) is 11.0 Å². The number of hydrogen-bond acceptors (Lipinski definition) is 4. The van der Waals surface area contributed by atoms with Gasteiger partial charge in [-0.1, -0.05) is 18.2 Å². The van der Waals surface area contributed by atoms with Gasteiger partial charge >= 0.3 is 5.69 Å². The van der Waals surface area contributed by atoms with Crippen LogP contribution in [0.5, 0.6) is 0 Å². The number of carbonyl (C=O) groups is 1. The summed E-state index contributed by atoms with van der Waals surface area (Å²) < 4.78 is 15.3. The lowest BCUT2D eigenvalue weighted by Crippen LogP contribution is -2.42. The Morgan fingerprint density at radius 2 is 1.71 bits per heavy atom. The van der Waals surface area contributed by atoms with Crippen molar-refractivity contribution >= 4 is 22.6 Å². The van der Waals surface area contributed by atoms with Gasteiger partial charge in [-0.05, 0) is 61.9 Å². The predicted molar refractivity (Wildman–Crippen MR) is 116 cm³/mol. The number of aryl methyl sites for hydroxylation is 2. The highest BCUT2D eigenvalue weighted by Gasteiger charge is 2.19. The third-order valence-corrected chi connectivity index (χ3v) is 4.86. The smallest absolute Gasteiger partial charge is 0.325 e. The third-order valence-electron chi connectivity index (χ3n) is 4.86. The number of pyridine rings is 1. The van der Waals surface area contributed by atoms with Gasteiger partial charge in [-0.3, -0.25) is 9.59 Å². The van der Waals surface area contributed by atoms with E-state index in [1.165, 1.54) is 28.8 Å². The van der Waals surface area contributed by atoms with Crippen molar-refractivity contribution < 1.29 is 9.18 Å². The number of amides is 1. The Morgan fingerprint density at radius 1 is 1.03 bits per heavy atom. The van der Waals surface area contributed by atoms with Crippen LogP contribution in [0, 0.1) is 19.7 Å². The number of nitrogens with zero attached hydrogens (tertiary/aromatic N) is 3. The number of anilines is 1. The fourth-order valence-electron chi connectivity index (χ4n) is 3.50. The maximum Gasteiger partial charge on any atom is 0.337 e. The van der Waals surface area contributed by atoms with E-state index in [1.54, 1.807) is 44.2 Å². The molecule has 0 spiro atoms. The molecule has 1 amide bonds. The molecule has 1 N–H and O–H groups in total. The fraction of sp³-hybridized carbons (Fsp3) is 0.130. The van der Waals surface area contributed by atoms with Crippen LogP contribution in [0.1, 0.15) is 11.3 Å². The Labute approximate surface area is 176 Å². The molecule has 7 nitrogen and oxygen atoms in total. The van der Waals surface area contributed by atoms with Crippen molar-refractivity contribution in [3.8, 4) is 5.69 Å². The summed E-state index contributed by atoms with van der Waals surface area (Å²) >= 11 is 0. The minimum atomic E-state index is -0.671. The number of halogens is 1. The summed E-state index contributed by atoms with van der Waals surface area (Å²) in [5.74, 6) is -1.02. The number of benzene rings is 2. The first-order valence-corrected chi connectivity index (χ1v) is 9.60. The lowest BCUT2D eigenvalue weighted by Gasteiger charge is -2.15. The zero-order chi connectivity index (χ0) is 22.1. The number of fused-ring (bicyclic) bond motifs is 1. The molecule has 2 heterocycles. The Morgan fingerprint density at radius 3 is 2.39 bits per heavy atom. The standard InChI is InChI=1S/C23H19FN4O3/c1-14-12-15(2)25-21-20(14)22(30)27(23(31)28(21)18-6-4-3-5-7-18)13-19(29)26-17-10-8-16(24)9-11-17/h3-12H,13H2,1-2H3,(H,26,29). The second-order valence-corrected chi connectivity index (χ2v) is 7.18. The van der Waals surface area contributed by atoms with Crippen LogP contribution < -0.4 is 16.6 Å². The number of para-hydroxylation sites is 1.